The lowest BCUT2D eigenvalue weighted by Crippen LogP contribution is -2.42. The maximum absolute atomic E-state index is 12.3. The number of carbonyl (C=O) groups is 2. The number of anilines is 1. The van der Waals surface area contributed by atoms with E-state index in [0.717, 1.165) is 12.0 Å². The second kappa shape index (κ2) is 5.30. The molecule has 1 aromatic rings. The van der Waals surface area contributed by atoms with Crippen molar-refractivity contribution in [1.29, 1.82) is 0 Å². The molecule has 5 heteroatoms. The van der Waals surface area contributed by atoms with Crippen molar-refractivity contribution < 1.29 is 14.7 Å². The van der Waals surface area contributed by atoms with Crippen LogP contribution in [0.3, 0.4) is 0 Å². The number of piperidine rings is 1. The van der Waals surface area contributed by atoms with E-state index in [0.29, 0.717) is 24.2 Å². The number of benzene rings is 1. The zero-order valence-corrected chi connectivity index (χ0v) is 10.9. The van der Waals surface area contributed by atoms with Gasteiger partial charge in [-0.3, -0.25) is 9.59 Å². The quantitative estimate of drug-likeness (QED) is 0.791. The van der Waals surface area contributed by atoms with Gasteiger partial charge in [-0.2, -0.15) is 0 Å². The van der Waals surface area contributed by atoms with Crippen LogP contribution in [0.2, 0.25) is 0 Å². The maximum Gasteiger partial charge on any atom is 0.308 e. The molecule has 3 N–H and O–H groups in total. The molecule has 1 fully saturated rings. The molecule has 1 aliphatic rings. The lowest BCUT2D eigenvalue weighted by Gasteiger charge is -2.30. The molecule has 1 saturated heterocycles. The molecular formula is C14H18N2O3. The highest BCUT2D eigenvalue weighted by Gasteiger charge is 2.28. The van der Waals surface area contributed by atoms with Crippen LogP contribution < -0.4 is 5.73 Å². The summed E-state index contributed by atoms with van der Waals surface area (Å²) < 4.78 is 0. The first-order valence-electron chi connectivity index (χ1n) is 6.37. The molecule has 0 spiro atoms. The summed E-state index contributed by atoms with van der Waals surface area (Å²) >= 11 is 0. The highest BCUT2D eigenvalue weighted by molar-refractivity contribution is 5.95. The Morgan fingerprint density at radius 2 is 2.16 bits per heavy atom. The number of rotatable bonds is 2. The van der Waals surface area contributed by atoms with Gasteiger partial charge in [-0.25, -0.2) is 0 Å². The minimum atomic E-state index is -0.828. The van der Waals surface area contributed by atoms with Crippen molar-refractivity contribution in [2.75, 3.05) is 18.8 Å². The third-order valence-electron chi connectivity index (χ3n) is 3.57. The van der Waals surface area contributed by atoms with Crippen molar-refractivity contribution in [2.45, 2.75) is 19.8 Å². The maximum atomic E-state index is 12.3. The van der Waals surface area contributed by atoms with Crippen LogP contribution in [-0.2, 0) is 4.79 Å². The van der Waals surface area contributed by atoms with E-state index in [2.05, 4.69) is 0 Å². The topological polar surface area (TPSA) is 83.6 Å². The van der Waals surface area contributed by atoms with Gasteiger partial charge in [0.1, 0.15) is 0 Å². The van der Waals surface area contributed by atoms with Crippen molar-refractivity contribution in [2.24, 2.45) is 5.92 Å². The summed E-state index contributed by atoms with van der Waals surface area (Å²) in [6.07, 6.45) is 1.37. The minimum absolute atomic E-state index is 0.117. The molecule has 0 bridgehead atoms. The van der Waals surface area contributed by atoms with Crippen molar-refractivity contribution in [3.63, 3.8) is 0 Å². The van der Waals surface area contributed by atoms with Crippen molar-refractivity contribution in [3.05, 3.63) is 29.3 Å². The second-order valence-corrected chi connectivity index (χ2v) is 5.00. The van der Waals surface area contributed by atoms with E-state index in [4.69, 9.17) is 10.8 Å². The number of nitrogen functional groups attached to an aromatic ring is 1. The van der Waals surface area contributed by atoms with Gasteiger partial charge in [0.15, 0.2) is 0 Å². The molecule has 0 aromatic heterocycles. The number of likely N-dealkylation sites (tertiary alicyclic amines) is 1. The molecule has 1 atom stereocenters. The number of aryl methyl sites for hydroxylation is 1. The molecule has 5 nitrogen and oxygen atoms in total. The largest absolute Gasteiger partial charge is 0.481 e. The Bertz CT molecular complexity index is 513. The zero-order chi connectivity index (χ0) is 14.0. The van der Waals surface area contributed by atoms with Gasteiger partial charge >= 0.3 is 5.97 Å². The van der Waals surface area contributed by atoms with E-state index in [1.54, 1.807) is 23.1 Å². The van der Waals surface area contributed by atoms with E-state index in [9.17, 15) is 9.59 Å². The first kappa shape index (κ1) is 13.4. The monoisotopic (exact) mass is 262 g/mol. The third kappa shape index (κ3) is 2.86. The Morgan fingerprint density at radius 3 is 2.79 bits per heavy atom. The predicted molar refractivity (Wildman–Crippen MR) is 71.9 cm³/mol. The molecule has 1 aromatic carbocycles. The van der Waals surface area contributed by atoms with Crippen LogP contribution >= 0.6 is 0 Å². The van der Waals surface area contributed by atoms with Crippen molar-refractivity contribution in [1.82, 2.24) is 4.90 Å². The van der Waals surface area contributed by atoms with Crippen LogP contribution in [-0.4, -0.2) is 35.0 Å². The Labute approximate surface area is 112 Å². The number of nitrogens with zero attached hydrogens (tertiary/aromatic N) is 1. The molecule has 1 amide bonds. The fourth-order valence-corrected chi connectivity index (χ4v) is 2.35. The van der Waals surface area contributed by atoms with Gasteiger partial charge in [-0.05, 0) is 43.5 Å². The summed E-state index contributed by atoms with van der Waals surface area (Å²) in [5.74, 6) is -1.40. The van der Waals surface area contributed by atoms with E-state index >= 15 is 0 Å². The number of carboxylic acids is 1. The summed E-state index contributed by atoms with van der Waals surface area (Å²) in [6.45, 7) is 2.76. The fraction of sp³-hybridized carbons (Fsp3) is 0.429. The Balaban J connectivity index is 2.14. The Morgan fingerprint density at radius 1 is 1.42 bits per heavy atom. The number of aliphatic carboxylic acids is 1. The lowest BCUT2D eigenvalue weighted by atomic mass is 9.97. The van der Waals surface area contributed by atoms with Gasteiger partial charge in [0, 0.05) is 24.3 Å². The number of amides is 1. The average Bonchev–Trinajstić information content (AvgIpc) is 2.41. The minimum Gasteiger partial charge on any atom is -0.481 e. The molecule has 0 saturated carbocycles. The van der Waals surface area contributed by atoms with E-state index in [-0.39, 0.29) is 12.5 Å². The Kier molecular flexibility index (Phi) is 3.74. The standard InChI is InChI=1S/C14H18N2O3/c1-9-7-10(4-5-12(9)15)13(17)16-6-2-3-11(8-16)14(18)19/h4-5,7,11H,2-3,6,8,15H2,1H3,(H,18,19). The van der Waals surface area contributed by atoms with E-state index in [1.807, 2.05) is 6.92 Å². The van der Waals surface area contributed by atoms with Gasteiger partial charge in [0.25, 0.3) is 5.91 Å². The van der Waals surface area contributed by atoms with Gasteiger partial charge in [0.05, 0.1) is 5.92 Å². The SMILES string of the molecule is Cc1cc(C(=O)N2CCCC(C(=O)O)C2)ccc1N. The van der Waals surface area contributed by atoms with Gasteiger partial charge in [-0.1, -0.05) is 0 Å². The molecular weight excluding hydrogens is 244 g/mol. The first-order valence-corrected chi connectivity index (χ1v) is 6.37. The molecule has 19 heavy (non-hydrogen) atoms. The van der Waals surface area contributed by atoms with Crippen LogP contribution in [0.15, 0.2) is 18.2 Å². The summed E-state index contributed by atoms with van der Waals surface area (Å²) in [5, 5.41) is 9.03. The second-order valence-electron chi connectivity index (χ2n) is 5.00. The van der Waals surface area contributed by atoms with E-state index < -0.39 is 11.9 Å². The fourth-order valence-electron chi connectivity index (χ4n) is 2.35. The lowest BCUT2D eigenvalue weighted by molar-refractivity contribution is -0.143. The number of hydrogen-bond acceptors (Lipinski definition) is 3. The zero-order valence-electron chi connectivity index (χ0n) is 10.9. The third-order valence-corrected chi connectivity index (χ3v) is 3.57. The first-order chi connectivity index (χ1) is 8.99. The van der Waals surface area contributed by atoms with Gasteiger partial charge < -0.3 is 15.7 Å². The predicted octanol–water partition coefficient (Wildman–Crippen LogP) is 1.51. The van der Waals surface area contributed by atoms with Crippen molar-refractivity contribution in [3.8, 4) is 0 Å². The molecule has 2 rings (SSSR count). The van der Waals surface area contributed by atoms with Crippen LogP contribution in [0.25, 0.3) is 0 Å². The van der Waals surface area contributed by atoms with Crippen LogP contribution in [0.4, 0.5) is 5.69 Å². The molecule has 0 radical (unpaired) electrons. The number of nitrogens with two attached hydrogens (primary N) is 1. The molecule has 1 aliphatic heterocycles. The number of hydrogen-bond donors (Lipinski definition) is 2. The van der Waals surface area contributed by atoms with Gasteiger partial charge in [0.2, 0.25) is 0 Å². The summed E-state index contributed by atoms with van der Waals surface area (Å²) in [6, 6.07) is 5.15. The van der Waals surface area contributed by atoms with Crippen LogP contribution in [0, 0.1) is 12.8 Å². The molecule has 1 heterocycles. The summed E-state index contributed by atoms with van der Waals surface area (Å²) in [7, 11) is 0. The number of carboxylic acid groups (broad SMARTS) is 1. The summed E-state index contributed by atoms with van der Waals surface area (Å²) in [5.41, 5.74) is 7.80. The molecule has 0 aliphatic carbocycles. The smallest absolute Gasteiger partial charge is 0.308 e. The van der Waals surface area contributed by atoms with Crippen LogP contribution in [0.5, 0.6) is 0 Å². The van der Waals surface area contributed by atoms with Crippen LogP contribution in [0.1, 0.15) is 28.8 Å². The average molecular weight is 262 g/mol. The highest BCUT2D eigenvalue weighted by Crippen LogP contribution is 2.20. The highest BCUT2D eigenvalue weighted by atomic mass is 16.4. The molecule has 102 valence electrons. The Hall–Kier alpha value is -2.04. The van der Waals surface area contributed by atoms with Gasteiger partial charge in [-0.15, -0.1) is 0 Å². The van der Waals surface area contributed by atoms with Crippen molar-refractivity contribution >= 4 is 17.6 Å². The summed E-state index contributed by atoms with van der Waals surface area (Å²) in [4.78, 5) is 24.9. The number of carbonyl (C=O) groups excluding carboxylic acids is 1. The molecule has 1 unspecified atom stereocenters. The van der Waals surface area contributed by atoms with E-state index in [1.165, 1.54) is 0 Å². The normalized spacial score (nSPS) is 19.2.